The maximum Gasteiger partial charge on any atom is 0.216 e. The van der Waals surface area contributed by atoms with E-state index in [1.807, 2.05) is 48.5 Å². The third kappa shape index (κ3) is 6.13. The Kier molecular flexibility index (Phi) is 8.70. The second-order valence-electron chi connectivity index (χ2n) is 7.35. The highest BCUT2D eigenvalue weighted by molar-refractivity contribution is 9.10. The molecule has 2 aromatic carbocycles. The van der Waals surface area contributed by atoms with Crippen LogP contribution >= 0.6 is 31.9 Å². The summed E-state index contributed by atoms with van der Waals surface area (Å²) in [6.45, 7) is 6.67. The average molecular weight is 532 g/mol. The molecule has 0 aliphatic rings. The van der Waals surface area contributed by atoms with Crippen LogP contribution in [0.2, 0.25) is 0 Å². The van der Waals surface area contributed by atoms with Crippen LogP contribution in [0.25, 0.3) is 0 Å². The van der Waals surface area contributed by atoms with Crippen molar-refractivity contribution in [2.75, 3.05) is 19.6 Å². The lowest BCUT2D eigenvalue weighted by Crippen LogP contribution is -2.42. The Morgan fingerprint density at radius 1 is 0.929 bits per heavy atom. The van der Waals surface area contributed by atoms with Gasteiger partial charge >= 0.3 is 0 Å². The Bertz CT molecular complexity index is 887. The molecule has 0 radical (unpaired) electrons. The van der Waals surface area contributed by atoms with Gasteiger partial charge in [-0.1, -0.05) is 63.0 Å². The monoisotopic (exact) mass is 530 g/mol. The van der Waals surface area contributed by atoms with Crippen LogP contribution in [0.4, 0.5) is 0 Å². The van der Waals surface area contributed by atoms with Crippen molar-refractivity contribution in [3.05, 3.63) is 68.6 Å². The molecule has 154 valence electrons. The van der Waals surface area contributed by atoms with E-state index < -0.39 is 15.3 Å². The SMILES string of the molecule is CC(CN(CC(CN)c1cccc(Br)c1)S(=O)(=O)C(C)C)c1cccc(Br)c1. The van der Waals surface area contributed by atoms with Crippen molar-refractivity contribution in [1.82, 2.24) is 4.31 Å². The Morgan fingerprint density at radius 3 is 1.96 bits per heavy atom. The Balaban J connectivity index is 2.31. The highest BCUT2D eigenvalue weighted by Crippen LogP contribution is 2.26. The molecule has 0 aliphatic carbocycles. The summed E-state index contributed by atoms with van der Waals surface area (Å²) in [6.07, 6.45) is 0. The van der Waals surface area contributed by atoms with Crippen molar-refractivity contribution in [1.29, 1.82) is 0 Å². The van der Waals surface area contributed by atoms with Crippen molar-refractivity contribution >= 4 is 41.9 Å². The van der Waals surface area contributed by atoms with Crippen molar-refractivity contribution in [2.45, 2.75) is 37.9 Å². The molecule has 2 rings (SSSR count). The zero-order chi connectivity index (χ0) is 20.9. The van der Waals surface area contributed by atoms with Gasteiger partial charge in [0.15, 0.2) is 0 Å². The Morgan fingerprint density at radius 2 is 1.46 bits per heavy atom. The van der Waals surface area contributed by atoms with Gasteiger partial charge in [0.2, 0.25) is 10.0 Å². The van der Waals surface area contributed by atoms with Gasteiger partial charge in [-0.05, 0) is 55.2 Å². The largest absolute Gasteiger partial charge is 0.330 e. The van der Waals surface area contributed by atoms with Crippen molar-refractivity contribution in [2.24, 2.45) is 5.73 Å². The fourth-order valence-corrected chi connectivity index (χ4v) is 5.38. The Hall–Kier alpha value is -0.730. The molecule has 0 bridgehead atoms. The topological polar surface area (TPSA) is 63.4 Å². The number of hydrogen-bond donors (Lipinski definition) is 1. The first-order valence-corrected chi connectivity index (χ1v) is 12.4. The van der Waals surface area contributed by atoms with E-state index in [9.17, 15) is 8.42 Å². The van der Waals surface area contributed by atoms with E-state index in [0.717, 1.165) is 20.1 Å². The van der Waals surface area contributed by atoms with E-state index in [1.54, 1.807) is 18.2 Å². The van der Waals surface area contributed by atoms with Gasteiger partial charge in [0.05, 0.1) is 5.25 Å². The molecule has 2 aromatic rings. The summed E-state index contributed by atoms with van der Waals surface area (Å²) < 4.78 is 29.7. The van der Waals surface area contributed by atoms with Crippen LogP contribution in [-0.2, 0) is 10.0 Å². The van der Waals surface area contributed by atoms with Gasteiger partial charge in [-0.15, -0.1) is 0 Å². The molecule has 28 heavy (non-hydrogen) atoms. The lowest BCUT2D eigenvalue weighted by Gasteiger charge is -2.30. The number of sulfonamides is 1. The van der Waals surface area contributed by atoms with Gasteiger partial charge in [0.25, 0.3) is 0 Å². The highest BCUT2D eigenvalue weighted by atomic mass is 79.9. The van der Waals surface area contributed by atoms with E-state index in [0.29, 0.717) is 19.6 Å². The predicted octanol–water partition coefficient (Wildman–Crippen LogP) is 5.10. The standard InChI is InChI=1S/C21H28Br2N2O2S/c1-15(2)28(26,27)25(13-16(3)17-6-4-8-20(22)10-17)14-19(12-24)18-7-5-9-21(23)11-18/h4-11,15-16,19H,12-14,24H2,1-3H3. The molecule has 0 spiro atoms. The van der Waals surface area contributed by atoms with Gasteiger partial charge in [-0.3, -0.25) is 0 Å². The molecule has 0 aromatic heterocycles. The molecular formula is C21H28Br2N2O2S. The molecule has 0 amide bonds. The Labute approximate surface area is 185 Å². The number of halogens is 2. The van der Waals surface area contributed by atoms with Crippen LogP contribution < -0.4 is 5.73 Å². The molecular weight excluding hydrogens is 504 g/mol. The summed E-state index contributed by atoms with van der Waals surface area (Å²) in [6, 6.07) is 15.9. The second-order valence-corrected chi connectivity index (χ2v) is 11.7. The minimum Gasteiger partial charge on any atom is -0.330 e. The van der Waals surface area contributed by atoms with E-state index in [1.165, 1.54) is 0 Å². The molecule has 0 heterocycles. The molecule has 2 unspecified atom stereocenters. The van der Waals surface area contributed by atoms with Gasteiger partial charge in [0.1, 0.15) is 0 Å². The predicted molar refractivity (Wildman–Crippen MR) is 124 cm³/mol. The average Bonchev–Trinajstić information content (AvgIpc) is 2.64. The quantitative estimate of drug-likeness (QED) is 0.489. The number of nitrogens with zero attached hydrogens (tertiary/aromatic N) is 1. The number of rotatable bonds is 9. The minimum absolute atomic E-state index is 0.0620. The summed E-state index contributed by atoms with van der Waals surface area (Å²) in [5, 5.41) is -0.483. The molecule has 4 nitrogen and oxygen atoms in total. The van der Waals surface area contributed by atoms with E-state index in [4.69, 9.17) is 5.73 Å². The van der Waals surface area contributed by atoms with E-state index in [2.05, 4.69) is 38.8 Å². The van der Waals surface area contributed by atoms with Crippen molar-refractivity contribution < 1.29 is 8.42 Å². The van der Waals surface area contributed by atoms with Crippen LogP contribution in [0, 0.1) is 0 Å². The van der Waals surface area contributed by atoms with Gasteiger partial charge < -0.3 is 5.73 Å². The summed E-state index contributed by atoms with van der Waals surface area (Å²) >= 11 is 6.98. The summed E-state index contributed by atoms with van der Waals surface area (Å²) in [5.41, 5.74) is 8.18. The van der Waals surface area contributed by atoms with Crippen molar-refractivity contribution in [3.8, 4) is 0 Å². The van der Waals surface area contributed by atoms with Crippen LogP contribution in [0.15, 0.2) is 57.5 Å². The molecule has 0 saturated heterocycles. The molecule has 2 N–H and O–H groups in total. The molecule has 2 atom stereocenters. The van der Waals surface area contributed by atoms with E-state index >= 15 is 0 Å². The maximum absolute atomic E-state index is 13.1. The van der Waals surface area contributed by atoms with E-state index in [-0.39, 0.29) is 11.8 Å². The first kappa shape index (κ1) is 23.5. The first-order chi connectivity index (χ1) is 13.1. The van der Waals surface area contributed by atoms with Crippen molar-refractivity contribution in [3.63, 3.8) is 0 Å². The van der Waals surface area contributed by atoms with Gasteiger partial charge in [-0.2, -0.15) is 0 Å². The first-order valence-electron chi connectivity index (χ1n) is 9.35. The van der Waals surface area contributed by atoms with Crippen LogP contribution in [-0.4, -0.2) is 37.6 Å². The fraction of sp³-hybridized carbons (Fsp3) is 0.429. The normalized spacial score (nSPS) is 14.4. The number of benzene rings is 2. The minimum atomic E-state index is -3.42. The van der Waals surface area contributed by atoms with Crippen LogP contribution in [0.3, 0.4) is 0 Å². The summed E-state index contributed by atoms with van der Waals surface area (Å²) in [4.78, 5) is 0. The highest BCUT2D eigenvalue weighted by Gasteiger charge is 2.30. The molecule has 7 heteroatoms. The number of nitrogens with two attached hydrogens (primary N) is 1. The molecule has 0 fully saturated rings. The molecule has 0 saturated carbocycles. The summed E-state index contributed by atoms with van der Waals surface area (Å²) in [5.74, 6) is -0.00677. The van der Waals surface area contributed by atoms with Gasteiger partial charge in [-0.25, -0.2) is 12.7 Å². The number of hydrogen-bond acceptors (Lipinski definition) is 3. The maximum atomic E-state index is 13.1. The lowest BCUT2D eigenvalue weighted by molar-refractivity contribution is 0.365. The zero-order valence-electron chi connectivity index (χ0n) is 16.5. The molecule has 0 aliphatic heterocycles. The second kappa shape index (κ2) is 10.3. The zero-order valence-corrected chi connectivity index (χ0v) is 20.5. The lowest BCUT2D eigenvalue weighted by atomic mass is 9.98. The smallest absolute Gasteiger partial charge is 0.216 e. The van der Waals surface area contributed by atoms with Gasteiger partial charge in [0, 0.05) is 34.5 Å². The third-order valence-electron chi connectivity index (χ3n) is 4.88. The van der Waals surface area contributed by atoms with Crippen LogP contribution in [0.5, 0.6) is 0 Å². The third-order valence-corrected chi connectivity index (χ3v) is 8.08. The van der Waals surface area contributed by atoms with Crippen LogP contribution in [0.1, 0.15) is 43.7 Å². The fourth-order valence-electron chi connectivity index (χ4n) is 3.13. The summed E-state index contributed by atoms with van der Waals surface area (Å²) in [7, 11) is -3.42.